The van der Waals surface area contributed by atoms with Crippen LogP contribution in [0.2, 0.25) is 0 Å². The van der Waals surface area contributed by atoms with Crippen LogP contribution < -0.4 is 0 Å². The van der Waals surface area contributed by atoms with Gasteiger partial charge in [0, 0.05) is 11.6 Å². The van der Waals surface area contributed by atoms with E-state index in [0.29, 0.717) is 13.7 Å². The second-order valence-corrected chi connectivity index (χ2v) is 8.86. The first kappa shape index (κ1) is 12.4. The van der Waals surface area contributed by atoms with Gasteiger partial charge in [-0.3, -0.25) is 4.90 Å². The zero-order valence-corrected chi connectivity index (χ0v) is 12.7. The van der Waals surface area contributed by atoms with Gasteiger partial charge >= 0.3 is 0 Å². The quantitative estimate of drug-likeness (QED) is 0.525. The first-order chi connectivity index (χ1) is 5.93. The van der Waals surface area contributed by atoms with Crippen LogP contribution in [0.1, 0.15) is 26.7 Å². The summed E-state index contributed by atoms with van der Waals surface area (Å²) in [6, 6.07) is 0.613. The van der Waals surface area contributed by atoms with Crippen LogP contribution in [0.3, 0.4) is 0 Å². The minimum atomic E-state index is 0.298. The average Bonchev–Trinajstić information content (AvgIpc) is 2.25. The van der Waals surface area contributed by atoms with Crippen molar-refractivity contribution in [3.05, 3.63) is 0 Å². The number of likely N-dealkylation sites (tertiary alicyclic amines) is 1. The summed E-state index contributed by atoms with van der Waals surface area (Å²) in [4.78, 5) is 2.45. The van der Waals surface area contributed by atoms with Crippen LogP contribution in [-0.2, 0) is 4.74 Å². The van der Waals surface area contributed by atoms with Crippen molar-refractivity contribution in [3.8, 4) is 0 Å². The highest BCUT2D eigenvalue weighted by atomic mass is 127. The van der Waals surface area contributed by atoms with Crippen molar-refractivity contribution in [2.24, 2.45) is 0 Å². The lowest BCUT2D eigenvalue weighted by atomic mass is 10.0. The van der Waals surface area contributed by atoms with Crippen LogP contribution in [0.15, 0.2) is 0 Å². The van der Waals surface area contributed by atoms with Crippen molar-refractivity contribution in [2.45, 2.75) is 40.4 Å². The molecule has 2 nitrogen and oxygen atoms in total. The van der Waals surface area contributed by atoms with Gasteiger partial charge in [0.25, 0.3) is 0 Å². The van der Waals surface area contributed by atoms with E-state index in [9.17, 15) is 0 Å². The Labute approximate surface area is 108 Å². The number of hydrogen-bond acceptors (Lipinski definition) is 2. The molecule has 0 aromatic carbocycles. The van der Waals surface area contributed by atoms with Crippen molar-refractivity contribution < 1.29 is 4.74 Å². The molecule has 0 unspecified atom stereocenters. The molecule has 0 aliphatic carbocycles. The molecule has 1 fully saturated rings. The number of halogens is 2. The summed E-state index contributed by atoms with van der Waals surface area (Å²) in [5, 5.41) is 0. The lowest BCUT2D eigenvalue weighted by Gasteiger charge is -2.31. The monoisotopic (exact) mass is 409 g/mol. The third-order valence-electron chi connectivity index (χ3n) is 3.01. The summed E-state index contributed by atoms with van der Waals surface area (Å²) >= 11 is 4.58. The molecule has 13 heavy (non-hydrogen) atoms. The maximum atomic E-state index is 5.62. The van der Waals surface area contributed by atoms with E-state index in [4.69, 9.17) is 4.74 Å². The lowest BCUT2D eigenvalue weighted by Crippen LogP contribution is -2.41. The van der Waals surface area contributed by atoms with E-state index in [0.717, 1.165) is 6.61 Å². The first-order valence-corrected chi connectivity index (χ1v) is 7.05. The largest absolute Gasteiger partial charge is 0.356 e. The Bertz CT molecular complexity index is 173. The summed E-state index contributed by atoms with van der Waals surface area (Å²) in [5.41, 5.74) is 0.361. The molecule has 0 spiro atoms. The molecule has 0 amide bonds. The average molecular weight is 409 g/mol. The van der Waals surface area contributed by atoms with Crippen molar-refractivity contribution in [2.75, 3.05) is 13.7 Å². The highest BCUT2D eigenvalue weighted by molar-refractivity contribution is 14.2. The SMILES string of the molecule is CN1[C@H](COC(I)I)CCC1(C)C. The third-order valence-corrected chi connectivity index (χ3v) is 3.73. The van der Waals surface area contributed by atoms with E-state index in [1.54, 1.807) is 0 Å². The molecular weight excluding hydrogens is 392 g/mol. The Hall–Kier alpha value is 1.38. The van der Waals surface area contributed by atoms with E-state index >= 15 is 0 Å². The van der Waals surface area contributed by atoms with Crippen molar-refractivity contribution in [3.63, 3.8) is 0 Å². The molecule has 4 heteroatoms. The fourth-order valence-electron chi connectivity index (χ4n) is 1.76. The first-order valence-electron chi connectivity index (χ1n) is 4.56. The maximum absolute atomic E-state index is 5.62. The molecule has 0 saturated carbocycles. The number of rotatable bonds is 3. The Morgan fingerprint density at radius 1 is 1.54 bits per heavy atom. The molecular formula is C9H17I2NO. The predicted molar refractivity (Wildman–Crippen MR) is 72.6 cm³/mol. The van der Waals surface area contributed by atoms with Crippen LogP contribution in [0, 0.1) is 0 Å². The van der Waals surface area contributed by atoms with Crippen molar-refractivity contribution in [1.82, 2.24) is 4.90 Å². The van der Waals surface area contributed by atoms with Crippen LogP contribution in [-0.4, -0.2) is 32.3 Å². The van der Waals surface area contributed by atoms with Gasteiger partial charge in [-0.1, -0.05) is 0 Å². The van der Waals surface area contributed by atoms with Gasteiger partial charge in [-0.25, -0.2) is 0 Å². The van der Waals surface area contributed by atoms with Gasteiger partial charge in [-0.15, -0.1) is 0 Å². The fourth-order valence-corrected chi connectivity index (χ4v) is 2.18. The highest BCUT2D eigenvalue weighted by Crippen LogP contribution is 2.32. The Balaban J connectivity index is 2.37. The molecule has 1 rings (SSSR count). The summed E-state index contributed by atoms with van der Waals surface area (Å²) < 4.78 is 5.92. The molecule has 1 aliphatic rings. The van der Waals surface area contributed by atoms with E-state index in [-0.39, 0.29) is 0 Å². The second kappa shape index (κ2) is 4.94. The van der Waals surface area contributed by atoms with Gasteiger partial charge in [-0.2, -0.15) is 0 Å². The second-order valence-electron chi connectivity index (χ2n) is 4.21. The molecule has 0 bridgehead atoms. The fraction of sp³-hybridized carbons (Fsp3) is 1.00. The normalized spacial score (nSPS) is 28.6. The summed E-state index contributed by atoms with van der Waals surface area (Å²) in [7, 11) is 2.20. The van der Waals surface area contributed by atoms with E-state index < -0.39 is 0 Å². The van der Waals surface area contributed by atoms with Gasteiger partial charge in [0.2, 0.25) is 0 Å². The Morgan fingerprint density at radius 2 is 2.15 bits per heavy atom. The Morgan fingerprint density at radius 3 is 2.54 bits per heavy atom. The van der Waals surface area contributed by atoms with Crippen LogP contribution >= 0.6 is 45.2 Å². The van der Waals surface area contributed by atoms with Crippen LogP contribution in [0.25, 0.3) is 0 Å². The molecule has 0 aromatic heterocycles. The minimum absolute atomic E-state index is 0.298. The number of ether oxygens (including phenoxy) is 1. The molecule has 1 heterocycles. The standard InChI is InChI=1S/C9H17I2NO/c1-9(2)5-4-7(12(9)3)6-13-8(10)11/h7-8H,4-6H2,1-3H3/t7-/m0/s1. The van der Waals surface area contributed by atoms with Gasteiger partial charge in [0.05, 0.1) is 6.61 Å². The molecule has 78 valence electrons. The van der Waals surface area contributed by atoms with Crippen molar-refractivity contribution >= 4 is 45.2 Å². The van der Waals surface area contributed by atoms with Gasteiger partial charge < -0.3 is 4.74 Å². The molecule has 1 saturated heterocycles. The molecule has 0 aromatic rings. The van der Waals surface area contributed by atoms with E-state index in [1.165, 1.54) is 12.8 Å². The number of hydrogen-bond donors (Lipinski definition) is 0. The number of alkyl halides is 2. The summed E-state index contributed by atoms with van der Waals surface area (Å²) in [5.74, 6) is 0. The van der Waals surface area contributed by atoms with Crippen molar-refractivity contribution in [1.29, 1.82) is 0 Å². The van der Waals surface area contributed by atoms with Crippen LogP contribution in [0.4, 0.5) is 0 Å². The highest BCUT2D eigenvalue weighted by Gasteiger charge is 2.36. The number of likely N-dealkylation sites (N-methyl/N-ethyl adjacent to an activating group) is 1. The predicted octanol–water partition coefficient (Wildman–Crippen LogP) is 3.03. The van der Waals surface area contributed by atoms with Gasteiger partial charge in [0.1, 0.15) is 0 Å². The smallest absolute Gasteiger partial charge is 0.159 e. The summed E-state index contributed by atoms with van der Waals surface area (Å²) in [6.45, 7) is 5.48. The number of nitrogens with zero attached hydrogens (tertiary/aromatic N) is 1. The molecule has 1 aliphatic heterocycles. The van der Waals surface area contributed by atoms with E-state index in [1.807, 2.05) is 0 Å². The molecule has 0 radical (unpaired) electrons. The van der Waals surface area contributed by atoms with Gasteiger partial charge in [-0.05, 0) is 78.9 Å². The van der Waals surface area contributed by atoms with Crippen LogP contribution in [0.5, 0.6) is 0 Å². The molecule has 1 atom stereocenters. The zero-order valence-electron chi connectivity index (χ0n) is 8.39. The topological polar surface area (TPSA) is 12.5 Å². The maximum Gasteiger partial charge on any atom is 0.159 e. The Kier molecular flexibility index (Phi) is 4.73. The molecule has 0 N–H and O–H groups in total. The van der Waals surface area contributed by atoms with Gasteiger partial charge in [0.15, 0.2) is 2.12 Å². The minimum Gasteiger partial charge on any atom is -0.356 e. The van der Waals surface area contributed by atoms with E-state index in [2.05, 4.69) is 71.0 Å². The third kappa shape index (κ3) is 3.46. The summed E-state index contributed by atoms with van der Waals surface area (Å²) in [6.07, 6.45) is 2.55. The lowest BCUT2D eigenvalue weighted by molar-refractivity contribution is 0.0826. The zero-order chi connectivity index (χ0) is 10.1.